The number of allylic oxidation sites excluding steroid dienone is 2. The van der Waals surface area contributed by atoms with Crippen LogP contribution in [0, 0.1) is 0 Å². The molecular formula is C15H30O3Si2. The Balaban J connectivity index is 3.08. The molecule has 0 spiro atoms. The maximum atomic E-state index is 6.23. The quantitative estimate of drug-likeness (QED) is 0.510. The van der Waals surface area contributed by atoms with Gasteiger partial charge in [-0.05, 0) is 71.5 Å². The van der Waals surface area contributed by atoms with Crippen LogP contribution in [0.1, 0.15) is 26.2 Å². The third kappa shape index (κ3) is 6.18. The molecule has 116 valence electrons. The van der Waals surface area contributed by atoms with E-state index in [9.17, 15) is 0 Å². The molecule has 0 bridgehead atoms. The molecule has 0 atom stereocenters. The average molecular weight is 315 g/mol. The molecule has 0 saturated carbocycles. The van der Waals surface area contributed by atoms with Crippen LogP contribution in [0.15, 0.2) is 23.4 Å². The van der Waals surface area contributed by atoms with E-state index in [1.807, 2.05) is 6.92 Å². The van der Waals surface area contributed by atoms with E-state index < -0.39 is 16.6 Å². The van der Waals surface area contributed by atoms with Gasteiger partial charge in [-0.3, -0.25) is 0 Å². The Bertz CT molecular complexity index is 387. The van der Waals surface area contributed by atoms with Crippen LogP contribution in [-0.2, 0) is 13.6 Å². The standard InChI is InChI=1S/C15H30O3Si2/c1-8-16-15(18-20(5,6)7)13-11-9-10-12-14(13)17-19(2,3)4/h12H,8-11H2,1-7H3/b15-13+. The van der Waals surface area contributed by atoms with Gasteiger partial charge >= 0.3 is 0 Å². The van der Waals surface area contributed by atoms with E-state index >= 15 is 0 Å². The Kier molecular flexibility index (Phi) is 5.95. The zero-order valence-electron chi connectivity index (χ0n) is 14.1. The molecule has 3 nitrogen and oxygen atoms in total. The molecule has 0 unspecified atom stereocenters. The van der Waals surface area contributed by atoms with Crippen molar-refractivity contribution in [3.8, 4) is 0 Å². The molecule has 0 fully saturated rings. The number of ether oxygens (including phenoxy) is 1. The topological polar surface area (TPSA) is 27.7 Å². The summed E-state index contributed by atoms with van der Waals surface area (Å²) in [6, 6.07) is 0. The molecule has 1 aliphatic carbocycles. The van der Waals surface area contributed by atoms with Crippen LogP contribution >= 0.6 is 0 Å². The fourth-order valence-electron chi connectivity index (χ4n) is 1.98. The van der Waals surface area contributed by atoms with Gasteiger partial charge in [-0.2, -0.15) is 0 Å². The van der Waals surface area contributed by atoms with Crippen molar-refractivity contribution in [2.75, 3.05) is 6.61 Å². The van der Waals surface area contributed by atoms with E-state index in [2.05, 4.69) is 45.4 Å². The summed E-state index contributed by atoms with van der Waals surface area (Å²) in [4.78, 5) is 0. The van der Waals surface area contributed by atoms with Gasteiger partial charge in [0.2, 0.25) is 16.6 Å². The Labute approximate surface area is 126 Å². The highest BCUT2D eigenvalue weighted by Crippen LogP contribution is 2.32. The van der Waals surface area contributed by atoms with Gasteiger partial charge in [-0.1, -0.05) is 0 Å². The van der Waals surface area contributed by atoms with E-state index in [1.165, 1.54) is 0 Å². The van der Waals surface area contributed by atoms with E-state index in [1.54, 1.807) is 0 Å². The van der Waals surface area contributed by atoms with Gasteiger partial charge in [0, 0.05) is 0 Å². The molecule has 0 aromatic carbocycles. The maximum Gasteiger partial charge on any atom is 0.272 e. The lowest BCUT2D eigenvalue weighted by atomic mass is 10.0. The van der Waals surface area contributed by atoms with Gasteiger partial charge in [0.25, 0.3) is 5.95 Å². The molecule has 20 heavy (non-hydrogen) atoms. The summed E-state index contributed by atoms with van der Waals surface area (Å²) in [5, 5.41) is 0. The molecule has 0 aliphatic heterocycles. The average Bonchev–Trinajstić information content (AvgIpc) is 2.25. The molecule has 0 aromatic rings. The van der Waals surface area contributed by atoms with Crippen molar-refractivity contribution >= 4 is 16.6 Å². The predicted octanol–water partition coefficient (Wildman–Crippen LogP) is 5.01. The van der Waals surface area contributed by atoms with Crippen molar-refractivity contribution in [1.29, 1.82) is 0 Å². The third-order valence-corrected chi connectivity index (χ3v) is 4.22. The Hall–Kier alpha value is -0.686. The lowest BCUT2D eigenvalue weighted by molar-refractivity contribution is 0.105. The van der Waals surface area contributed by atoms with Crippen molar-refractivity contribution < 1.29 is 13.6 Å². The first-order valence-corrected chi connectivity index (χ1v) is 14.4. The highest BCUT2D eigenvalue weighted by atomic mass is 28.4. The smallest absolute Gasteiger partial charge is 0.272 e. The molecular weight excluding hydrogens is 284 g/mol. The lowest BCUT2D eigenvalue weighted by Gasteiger charge is -2.29. The van der Waals surface area contributed by atoms with Crippen LogP contribution in [0.4, 0.5) is 0 Å². The second kappa shape index (κ2) is 6.85. The first-order chi connectivity index (χ1) is 9.12. The Morgan fingerprint density at radius 2 is 1.75 bits per heavy atom. The number of hydrogen-bond acceptors (Lipinski definition) is 3. The van der Waals surface area contributed by atoms with Crippen LogP contribution in [-0.4, -0.2) is 23.2 Å². The summed E-state index contributed by atoms with van der Waals surface area (Å²) in [5.41, 5.74) is 1.13. The Morgan fingerprint density at radius 1 is 1.10 bits per heavy atom. The highest BCUT2D eigenvalue weighted by molar-refractivity contribution is 6.70. The minimum absolute atomic E-state index is 0.629. The molecule has 0 amide bonds. The van der Waals surface area contributed by atoms with Crippen molar-refractivity contribution in [2.45, 2.75) is 65.5 Å². The molecule has 1 rings (SSSR count). The van der Waals surface area contributed by atoms with E-state index in [0.29, 0.717) is 12.6 Å². The maximum absolute atomic E-state index is 6.23. The van der Waals surface area contributed by atoms with Crippen molar-refractivity contribution in [3.63, 3.8) is 0 Å². The zero-order valence-corrected chi connectivity index (χ0v) is 16.1. The summed E-state index contributed by atoms with van der Waals surface area (Å²) in [6.07, 6.45) is 5.40. The molecule has 5 heteroatoms. The molecule has 0 heterocycles. The van der Waals surface area contributed by atoms with Gasteiger partial charge in [0.05, 0.1) is 12.2 Å². The van der Waals surface area contributed by atoms with Crippen LogP contribution in [0.3, 0.4) is 0 Å². The van der Waals surface area contributed by atoms with Gasteiger partial charge in [0.1, 0.15) is 5.76 Å². The van der Waals surface area contributed by atoms with Gasteiger partial charge in [-0.25, -0.2) is 0 Å². The summed E-state index contributed by atoms with van der Waals surface area (Å²) < 4.78 is 18.2. The zero-order chi connectivity index (χ0) is 15.4. The van der Waals surface area contributed by atoms with E-state index in [-0.39, 0.29) is 0 Å². The second-order valence-electron chi connectivity index (χ2n) is 7.09. The molecule has 0 N–H and O–H groups in total. The van der Waals surface area contributed by atoms with Crippen molar-refractivity contribution in [1.82, 2.24) is 0 Å². The second-order valence-corrected chi connectivity index (χ2v) is 15.9. The Morgan fingerprint density at radius 3 is 2.25 bits per heavy atom. The molecule has 0 radical (unpaired) electrons. The van der Waals surface area contributed by atoms with Crippen LogP contribution in [0.5, 0.6) is 0 Å². The van der Waals surface area contributed by atoms with Gasteiger partial charge in [-0.15, -0.1) is 0 Å². The van der Waals surface area contributed by atoms with Gasteiger partial charge < -0.3 is 13.6 Å². The highest BCUT2D eigenvalue weighted by Gasteiger charge is 2.27. The normalized spacial score (nSPS) is 19.2. The van der Waals surface area contributed by atoms with Crippen LogP contribution < -0.4 is 0 Å². The minimum atomic E-state index is -1.68. The van der Waals surface area contributed by atoms with Crippen LogP contribution in [0.2, 0.25) is 39.3 Å². The summed E-state index contributed by atoms with van der Waals surface area (Å²) in [7, 11) is -3.30. The largest absolute Gasteiger partial charge is 0.544 e. The molecule has 0 saturated heterocycles. The summed E-state index contributed by atoms with van der Waals surface area (Å²) >= 11 is 0. The van der Waals surface area contributed by atoms with Gasteiger partial charge in [0.15, 0.2) is 0 Å². The predicted molar refractivity (Wildman–Crippen MR) is 89.4 cm³/mol. The fourth-order valence-corrected chi connectivity index (χ4v) is 3.59. The van der Waals surface area contributed by atoms with E-state index in [4.69, 9.17) is 13.6 Å². The lowest BCUT2D eigenvalue weighted by Crippen LogP contribution is -2.29. The molecule has 1 aliphatic rings. The fraction of sp³-hybridized carbons (Fsp3) is 0.733. The van der Waals surface area contributed by atoms with Crippen LogP contribution in [0.25, 0.3) is 0 Å². The SMILES string of the molecule is CCO/C(O[Si](C)(C)C)=C1/CCCC=C1O[Si](C)(C)C. The number of hydrogen-bond donors (Lipinski definition) is 0. The number of rotatable bonds is 6. The summed E-state index contributed by atoms with van der Waals surface area (Å²) in [6.45, 7) is 15.8. The first-order valence-electron chi connectivity index (χ1n) is 7.57. The first kappa shape index (κ1) is 17.4. The molecule has 0 aromatic heterocycles. The van der Waals surface area contributed by atoms with Crippen molar-refractivity contribution in [3.05, 3.63) is 23.4 Å². The monoisotopic (exact) mass is 314 g/mol. The third-order valence-electron chi connectivity index (χ3n) is 2.59. The van der Waals surface area contributed by atoms with E-state index in [0.717, 1.165) is 30.6 Å². The summed E-state index contributed by atoms with van der Waals surface area (Å²) in [5.74, 6) is 1.70. The minimum Gasteiger partial charge on any atom is -0.544 e. The van der Waals surface area contributed by atoms with Crippen molar-refractivity contribution in [2.24, 2.45) is 0 Å².